The molecule has 1 aliphatic heterocycles. The SMILES string of the molecule is CCNC(c1cc(C)cc(F)c1)C1(C)CCCCO1. The van der Waals surface area contributed by atoms with Crippen LogP contribution in [0.4, 0.5) is 4.39 Å². The number of ether oxygens (including phenoxy) is 1. The smallest absolute Gasteiger partial charge is 0.123 e. The Balaban J connectivity index is 2.32. The van der Waals surface area contributed by atoms with E-state index >= 15 is 0 Å². The van der Waals surface area contributed by atoms with Crippen molar-refractivity contribution in [3.05, 3.63) is 35.1 Å². The van der Waals surface area contributed by atoms with E-state index in [0.717, 1.165) is 37.1 Å². The van der Waals surface area contributed by atoms with Gasteiger partial charge in [0.1, 0.15) is 5.82 Å². The molecule has 19 heavy (non-hydrogen) atoms. The van der Waals surface area contributed by atoms with Crippen molar-refractivity contribution in [3.63, 3.8) is 0 Å². The van der Waals surface area contributed by atoms with Gasteiger partial charge in [0.05, 0.1) is 11.6 Å². The maximum atomic E-state index is 13.7. The average Bonchev–Trinajstić information content (AvgIpc) is 2.35. The van der Waals surface area contributed by atoms with Crippen LogP contribution in [0.5, 0.6) is 0 Å². The van der Waals surface area contributed by atoms with Crippen LogP contribution in [0.15, 0.2) is 18.2 Å². The topological polar surface area (TPSA) is 21.3 Å². The van der Waals surface area contributed by atoms with Crippen molar-refractivity contribution in [1.82, 2.24) is 5.32 Å². The van der Waals surface area contributed by atoms with Gasteiger partial charge in [0.2, 0.25) is 0 Å². The molecule has 0 amide bonds. The van der Waals surface area contributed by atoms with Gasteiger partial charge in [-0.05, 0) is 62.9 Å². The van der Waals surface area contributed by atoms with Gasteiger partial charge in [0.15, 0.2) is 0 Å². The second-order valence-electron chi connectivity index (χ2n) is 5.67. The van der Waals surface area contributed by atoms with Crippen molar-refractivity contribution < 1.29 is 9.13 Å². The fourth-order valence-corrected chi connectivity index (χ4v) is 3.00. The third-order valence-electron chi connectivity index (χ3n) is 3.92. The molecule has 0 spiro atoms. The normalized spacial score (nSPS) is 25.3. The van der Waals surface area contributed by atoms with Crippen LogP contribution < -0.4 is 5.32 Å². The molecule has 1 heterocycles. The predicted molar refractivity (Wildman–Crippen MR) is 75.8 cm³/mol. The maximum absolute atomic E-state index is 13.7. The maximum Gasteiger partial charge on any atom is 0.123 e. The number of hydrogen-bond donors (Lipinski definition) is 1. The molecular weight excluding hydrogens is 241 g/mol. The van der Waals surface area contributed by atoms with Gasteiger partial charge in [-0.25, -0.2) is 4.39 Å². The van der Waals surface area contributed by atoms with Crippen molar-refractivity contribution in [2.75, 3.05) is 13.2 Å². The third-order valence-corrected chi connectivity index (χ3v) is 3.92. The first-order valence-electron chi connectivity index (χ1n) is 7.19. The van der Waals surface area contributed by atoms with Crippen LogP contribution in [0, 0.1) is 12.7 Å². The molecule has 2 unspecified atom stereocenters. The van der Waals surface area contributed by atoms with E-state index in [1.165, 1.54) is 6.42 Å². The molecule has 0 bridgehead atoms. The van der Waals surface area contributed by atoms with Crippen LogP contribution in [0.2, 0.25) is 0 Å². The van der Waals surface area contributed by atoms with Crippen LogP contribution in [0.3, 0.4) is 0 Å². The largest absolute Gasteiger partial charge is 0.373 e. The molecule has 3 heteroatoms. The van der Waals surface area contributed by atoms with E-state index in [4.69, 9.17) is 4.74 Å². The summed E-state index contributed by atoms with van der Waals surface area (Å²) in [6.45, 7) is 7.79. The third kappa shape index (κ3) is 3.34. The minimum Gasteiger partial charge on any atom is -0.373 e. The van der Waals surface area contributed by atoms with Gasteiger partial charge in [-0.1, -0.05) is 13.0 Å². The van der Waals surface area contributed by atoms with E-state index in [9.17, 15) is 4.39 Å². The van der Waals surface area contributed by atoms with Crippen molar-refractivity contribution >= 4 is 0 Å². The Morgan fingerprint density at radius 3 is 2.74 bits per heavy atom. The minimum absolute atomic E-state index is 0.0483. The van der Waals surface area contributed by atoms with Crippen LogP contribution in [0.25, 0.3) is 0 Å². The molecule has 0 saturated carbocycles. The van der Waals surface area contributed by atoms with Crippen LogP contribution >= 0.6 is 0 Å². The van der Waals surface area contributed by atoms with Crippen molar-refractivity contribution in [1.29, 1.82) is 0 Å². The lowest BCUT2D eigenvalue weighted by atomic mass is 9.83. The van der Waals surface area contributed by atoms with E-state index in [0.29, 0.717) is 0 Å². The highest BCUT2D eigenvalue weighted by Gasteiger charge is 2.37. The van der Waals surface area contributed by atoms with Crippen molar-refractivity contribution in [3.8, 4) is 0 Å². The molecule has 2 atom stereocenters. The fraction of sp³-hybridized carbons (Fsp3) is 0.625. The predicted octanol–water partition coefficient (Wildman–Crippen LogP) is 3.74. The summed E-state index contributed by atoms with van der Waals surface area (Å²) in [5.41, 5.74) is 1.70. The molecule has 106 valence electrons. The zero-order valence-corrected chi connectivity index (χ0v) is 12.1. The molecule has 2 rings (SSSR count). The molecule has 1 aromatic rings. The van der Waals surface area contributed by atoms with Gasteiger partial charge in [-0.2, -0.15) is 0 Å². The second kappa shape index (κ2) is 6.02. The Morgan fingerprint density at radius 1 is 1.37 bits per heavy atom. The number of aryl methyl sites for hydroxylation is 1. The van der Waals surface area contributed by atoms with Crippen molar-refractivity contribution in [2.45, 2.75) is 51.7 Å². The highest BCUT2D eigenvalue weighted by molar-refractivity contribution is 5.28. The lowest BCUT2D eigenvalue weighted by Gasteiger charge is -2.41. The standard InChI is InChI=1S/C16H24FNO/c1-4-18-15(16(3)7-5-6-8-19-16)13-9-12(2)10-14(17)11-13/h9-11,15,18H,4-8H2,1-3H3. The summed E-state index contributed by atoms with van der Waals surface area (Å²) in [7, 11) is 0. The molecule has 1 aliphatic rings. The van der Waals surface area contributed by atoms with Crippen LogP contribution in [-0.2, 0) is 4.74 Å². The summed E-state index contributed by atoms with van der Waals surface area (Å²) in [5, 5.41) is 3.47. The first-order chi connectivity index (χ1) is 9.05. The number of halogens is 1. The summed E-state index contributed by atoms with van der Waals surface area (Å²) in [5.74, 6) is -0.169. The van der Waals surface area contributed by atoms with Gasteiger partial charge in [-0.15, -0.1) is 0 Å². The summed E-state index contributed by atoms with van der Waals surface area (Å²) in [6.07, 6.45) is 3.31. The van der Waals surface area contributed by atoms with E-state index in [1.54, 1.807) is 12.1 Å². The molecule has 1 saturated heterocycles. The molecule has 2 nitrogen and oxygen atoms in total. The number of likely N-dealkylation sites (N-methyl/N-ethyl adjacent to an activating group) is 1. The summed E-state index contributed by atoms with van der Waals surface area (Å²) in [6, 6.07) is 5.30. The lowest BCUT2D eigenvalue weighted by molar-refractivity contribution is -0.0895. The van der Waals surface area contributed by atoms with Gasteiger partial charge in [0.25, 0.3) is 0 Å². The first kappa shape index (κ1) is 14.5. The van der Waals surface area contributed by atoms with Gasteiger partial charge in [0, 0.05) is 6.61 Å². The Hall–Kier alpha value is -0.930. The average molecular weight is 265 g/mol. The number of rotatable bonds is 4. The monoisotopic (exact) mass is 265 g/mol. The number of nitrogens with one attached hydrogen (secondary N) is 1. The summed E-state index contributed by atoms with van der Waals surface area (Å²) >= 11 is 0. The van der Waals surface area contributed by atoms with Gasteiger partial charge < -0.3 is 10.1 Å². The Labute approximate surface area is 115 Å². The van der Waals surface area contributed by atoms with E-state index in [2.05, 4.69) is 25.2 Å². The van der Waals surface area contributed by atoms with E-state index in [1.807, 2.05) is 6.92 Å². The van der Waals surface area contributed by atoms with Crippen LogP contribution in [0.1, 0.15) is 50.3 Å². The summed E-state index contributed by atoms with van der Waals surface area (Å²) < 4.78 is 19.7. The Bertz CT molecular complexity index is 407. The minimum atomic E-state index is -0.242. The van der Waals surface area contributed by atoms with Gasteiger partial charge >= 0.3 is 0 Å². The zero-order valence-electron chi connectivity index (χ0n) is 12.1. The highest BCUT2D eigenvalue weighted by Crippen LogP contribution is 2.37. The molecular formula is C16H24FNO. The summed E-state index contributed by atoms with van der Waals surface area (Å²) in [4.78, 5) is 0. The second-order valence-corrected chi connectivity index (χ2v) is 5.67. The molecule has 1 fully saturated rings. The number of benzene rings is 1. The molecule has 1 N–H and O–H groups in total. The zero-order chi connectivity index (χ0) is 13.9. The van der Waals surface area contributed by atoms with Crippen molar-refractivity contribution in [2.24, 2.45) is 0 Å². The Morgan fingerprint density at radius 2 is 2.16 bits per heavy atom. The lowest BCUT2D eigenvalue weighted by Crippen LogP contribution is -2.46. The van der Waals surface area contributed by atoms with Gasteiger partial charge in [-0.3, -0.25) is 0 Å². The first-order valence-corrected chi connectivity index (χ1v) is 7.19. The number of hydrogen-bond acceptors (Lipinski definition) is 2. The molecule has 1 aromatic carbocycles. The molecule has 0 radical (unpaired) electrons. The molecule has 0 aromatic heterocycles. The highest BCUT2D eigenvalue weighted by atomic mass is 19.1. The molecule has 0 aliphatic carbocycles. The van der Waals surface area contributed by atoms with Crippen LogP contribution in [-0.4, -0.2) is 18.8 Å². The quantitative estimate of drug-likeness (QED) is 0.895. The van der Waals surface area contributed by atoms with E-state index < -0.39 is 0 Å². The fourth-order valence-electron chi connectivity index (χ4n) is 3.00. The van der Waals surface area contributed by atoms with E-state index in [-0.39, 0.29) is 17.5 Å². The Kier molecular flexibility index (Phi) is 4.58.